The van der Waals surface area contributed by atoms with Gasteiger partial charge in [0.05, 0.1) is 6.54 Å². The molecule has 0 radical (unpaired) electrons. The van der Waals surface area contributed by atoms with Crippen LogP contribution in [0.4, 0.5) is 0 Å². The van der Waals surface area contributed by atoms with Crippen molar-refractivity contribution in [3.05, 3.63) is 59.8 Å². The Morgan fingerprint density at radius 2 is 2.00 bits per heavy atom. The smallest absolute Gasteiger partial charge is 0.213 e. The first kappa shape index (κ1) is 24.4. The molecule has 1 saturated heterocycles. The lowest BCUT2D eigenvalue weighted by Crippen LogP contribution is -2.44. The number of hydrogen-bond acceptors (Lipinski definition) is 4. The number of nitrogens with one attached hydrogen (secondary N) is 2. The number of likely N-dealkylation sites (N-methyl/N-ethyl adjacent to an activating group) is 1. The highest BCUT2D eigenvalue weighted by atomic mass is 127. The number of pyridine rings is 1. The first-order valence-electron chi connectivity index (χ1n) is 10.7. The predicted octanol–water partition coefficient (Wildman–Crippen LogP) is 3.82. The van der Waals surface area contributed by atoms with Gasteiger partial charge in [0.25, 0.3) is 0 Å². The standard InChI is InChI=1S/C23H33N5O.HI/c1-3-24-23(27-17-21-11-8-14-28(21)4-2)26-16-20-12-13-25-22(15-20)29-18-19-9-6-5-7-10-19;/h5-7,9-10,12-13,15,21H,3-4,8,11,14,16-18H2,1-2H3,(H2,24,26,27);1H. The van der Waals surface area contributed by atoms with E-state index in [1.165, 1.54) is 19.4 Å². The van der Waals surface area contributed by atoms with Crippen LogP contribution in [0.25, 0.3) is 0 Å². The van der Waals surface area contributed by atoms with Crippen molar-refractivity contribution in [1.29, 1.82) is 0 Å². The highest BCUT2D eigenvalue weighted by Crippen LogP contribution is 2.16. The molecule has 1 aromatic carbocycles. The van der Waals surface area contributed by atoms with Gasteiger partial charge in [-0.1, -0.05) is 37.3 Å². The zero-order chi connectivity index (χ0) is 20.3. The summed E-state index contributed by atoms with van der Waals surface area (Å²) in [5, 5.41) is 6.85. The maximum absolute atomic E-state index is 5.83. The second-order valence-corrected chi connectivity index (χ2v) is 7.28. The van der Waals surface area contributed by atoms with Crippen molar-refractivity contribution in [2.45, 2.75) is 45.9 Å². The summed E-state index contributed by atoms with van der Waals surface area (Å²) in [6.45, 7) is 9.52. The van der Waals surface area contributed by atoms with E-state index in [0.717, 1.165) is 36.7 Å². The number of aliphatic imine (C=N–C) groups is 1. The van der Waals surface area contributed by atoms with Crippen LogP contribution in [0.2, 0.25) is 0 Å². The van der Waals surface area contributed by atoms with E-state index in [-0.39, 0.29) is 24.0 Å². The Hall–Kier alpha value is -1.87. The van der Waals surface area contributed by atoms with Crippen LogP contribution in [-0.4, -0.2) is 48.1 Å². The molecule has 7 heteroatoms. The molecule has 2 heterocycles. The fourth-order valence-electron chi connectivity index (χ4n) is 3.63. The maximum Gasteiger partial charge on any atom is 0.213 e. The van der Waals surface area contributed by atoms with Crippen molar-refractivity contribution < 1.29 is 4.74 Å². The van der Waals surface area contributed by atoms with Crippen LogP contribution in [0.3, 0.4) is 0 Å². The first-order valence-corrected chi connectivity index (χ1v) is 10.7. The summed E-state index contributed by atoms with van der Waals surface area (Å²) in [4.78, 5) is 11.6. The van der Waals surface area contributed by atoms with E-state index < -0.39 is 0 Å². The molecule has 0 amide bonds. The van der Waals surface area contributed by atoms with Gasteiger partial charge in [0.2, 0.25) is 5.88 Å². The lowest BCUT2D eigenvalue weighted by molar-refractivity contribution is 0.267. The number of benzene rings is 1. The first-order chi connectivity index (χ1) is 14.3. The summed E-state index contributed by atoms with van der Waals surface area (Å²) >= 11 is 0. The third-order valence-corrected chi connectivity index (χ3v) is 5.20. The molecule has 1 aliphatic heterocycles. The van der Waals surface area contributed by atoms with Crippen LogP contribution >= 0.6 is 24.0 Å². The Kier molecular flexibility index (Phi) is 10.9. The van der Waals surface area contributed by atoms with Gasteiger partial charge in [0.15, 0.2) is 5.96 Å². The summed E-state index contributed by atoms with van der Waals surface area (Å²) in [5.41, 5.74) is 2.21. The van der Waals surface area contributed by atoms with Gasteiger partial charge in [0.1, 0.15) is 6.61 Å². The highest BCUT2D eigenvalue weighted by molar-refractivity contribution is 14.0. The molecule has 0 aliphatic carbocycles. The quantitative estimate of drug-likeness (QED) is 0.298. The van der Waals surface area contributed by atoms with Gasteiger partial charge < -0.3 is 15.4 Å². The monoisotopic (exact) mass is 523 g/mol. The molecule has 1 unspecified atom stereocenters. The summed E-state index contributed by atoms with van der Waals surface area (Å²) in [6, 6.07) is 14.7. The lowest BCUT2D eigenvalue weighted by Gasteiger charge is -2.24. The fraction of sp³-hybridized carbons (Fsp3) is 0.478. The largest absolute Gasteiger partial charge is 0.473 e. The van der Waals surface area contributed by atoms with E-state index in [9.17, 15) is 0 Å². The van der Waals surface area contributed by atoms with Gasteiger partial charge in [0, 0.05) is 31.4 Å². The SMILES string of the molecule is CCNC(=NCc1ccnc(OCc2ccccc2)c1)NCC1CCCN1CC.I. The van der Waals surface area contributed by atoms with Crippen LogP contribution in [0.1, 0.15) is 37.8 Å². The van der Waals surface area contributed by atoms with Gasteiger partial charge in [-0.05, 0) is 50.0 Å². The topological polar surface area (TPSA) is 61.8 Å². The van der Waals surface area contributed by atoms with E-state index in [2.05, 4.69) is 34.4 Å². The third kappa shape index (κ3) is 7.75. The highest BCUT2D eigenvalue weighted by Gasteiger charge is 2.22. The minimum Gasteiger partial charge on any atom is -0.473 e. The lowest BCUT2D eigenvalue weighted by atomic mass is 10.2. The average molecular weight is 523 g/mol. The maximum atomic E-state index is 5.83. The van der Waals surface area contributed by atoms with Gasteiger partial charge in [-0.3, -0.25) is 4.90 Å². The molecule has 1 aromatic heterocycles. The molecule has 164 valence electrons. The molecule has 0 bridgehead atoms. The fourth-order valence-corrected chi connectivity index (χ4v) is 3.63. The van der Waals surface area contributed by atoms with Crippen molar-refractivity contribution in [3.8, 4) is 5.88 Å². The van der Waals surface area contributed by atoms with Crippen LogP contribution in [0.15, 0.2) is 53.7 Å². The molecule has 30 heavy (non-hydrogen) atoms. The summed E-state index contributed by atoms with van der Waals surface area (Å²) < 4.78 is 5.83. The van der Waals surface area contributed by atoms with Crippen molar-refractivity contribution in [3.63, 3.8) is 0 Å². The summed E-state index contributed by atoms with van der Waals surface area (Å²) in [6.07, 6.45) is 4.33. The molecule has 1 aliphatic rings. The predicted molar refractivity (Wildman–Crippen MR) is 134 cm³/mol. The van der Waals surface area contributed by atoms with E-state index in [1.54, 1.807) is 6.20 Å². The van der Waals surface area contributed by atoms with Crippen LogP contribution < -0.4 is 15.4 Å². The van der Waals surface area contributed by atoms with E-state index in [0.29, 0.717) is 25.1 Å². The number of aromatic nitrogens is 1. The Morgan fingerprint density at radius 1 is 1.17 bits per heavy atom. The van der Waals surface area contributed by atoms with Crippen LogP contribution in [0.5, 0.6) is 5.88 Å². The number of guanidine groups is 1. The number of ether oxygens (including phenoxy) is 1. The van der Waals surface area contributed by atoms with Gasteiger partial charge in [-0.25, -0.2) is 9.98 Å². The van der Waals surface area contributed by atoms with Crippen LogP contribution in [0, 0.1) is 0 Å². The Balaban J connectivity index is 0.00000320. The van der Waals surface area contributed by atoms with Gasteiger partial charge in [-0.15, -0.1) is 24.0 Å². The number of likely N-dealkylation sites (tertiary alicyclic amines) is 1. The molecular formula is C23H34IN5O. The van der Waals surface area contributed by atoms with Crippen molar-refractivity contribution >= 4 is 29.9 Å². The molecule has 2 N–H and O–H groups in total. The third-order valence-electron chi connectivity index (χ3n) is 5.20. The van der Waals surface area contributed by atoms with Crippen molar-refractivity contribution in [1.82, 2.24) is 20.5 Å². The second-order valence-electron chi connectivity index (χ2n) is 7.28. The number of halogens is 1. The zero-order valence-corrected chi connectivity index (χ0v) is 20.3. The van der Waals surface area contributed by atoms with E-state index in [1.807, 2.05) is 42.5 Å². The molecule has 6 nitrogen and oxygen atoms in total. The molecule has 3 rings (SSSR count). The average Bonchev–Trinajstić information content (AvgIpc) is 3.23. The number of nitrogens with zero attached hydrogens (tertiary/aromatic N) is 3. The molecule has 0 spiro atoms. The van der Waals surface area contributed by atoms with E-state index in [4.69, 9.17) is 9.73 Å². The van der Waals surface area contributed by atoms with Gasteiger partial charge in [-0.2, -0.15) is 0 Å². The minimum absolute atomic E-state index is 0. The zero-order valence-electron chi connectivity index (χ0n) is 18.0. The number of rotatable bonds is 9. The summed E-state index contributed by atoms with van der Waals surface area (Å²) in [5.74, 6) is 1.49. The molecule has 0 saturated carbocycles. The molecule has 2 aromatic rings. The normalized spacial score (nSPS) is 16.7. The van der Waals surface area contributed by atoms with E-state index >= 15 is 0 Å². The Bertz CT molecular complexity index is 771. The van der Waals surface area contributed by atoms with Crippen molar-refractivity contribution in [2.75, 3.05) is 26.2 Å². The minimum atomic E-state index is 0. The van der Waals surface area contributed by atoms with Crippen molar-refractivity contribution in [2.24, 2.45) is 4.99 Å². The van der Waals surface area contributed by atoms with Crippen LogP contribution in [-0.2, 0) is 13.2 Å². The van der Waals surface area contributed by atoms with Gasteiger partial charge >= 0.3 is 0 Å². The summed E-state index contributed by atoms with van der Waals surface area (Å²) in [7, 11) is 0. The molecular weight excluding hydrogens is 489 g/mol. The molecule has 1 atom stereocenters. The number of hydrogen-bond donors (Lipinski definition) is 2. The Labute approximate surface area is 197 Å². The second kappa shape index (κ2) is 13.4. The Morgan fingerprint density at radius 3 is 2.77 bits per heavy atom. The molecule has 1 fully saturated rings.